The van der Waals surface area contributed by atoms with Gasteiger partial charge in [0.2, 0.25) is 0 Å². The Morgan fingerprint density at radius 2 is 1.38 bits per heavy atom. The van der Waals surface area contributed by atoms with Crippen LogP contribution in [0.2, 0.25) is 0 Å². The Bertz CT molecular complexity index is 1740. The second-order valence-electron chi connectivity index (χ2n) is 22.9. The van der Waals surface area contributed by atoms with E-state index in [4.69, 9.17) is 28.4 Å². The van der Waals surface area contributed by atoms with E-state index in [0.29, 0.717) is 25.7 Å². The molecule has 0 bridgehead atoms. The van der Waals surface area contributed by atoms with Crippen molar-refractivity contribution in [3.8, 4) is 0 Å². The number of rotatable bonds is 9. The summed E-state index contributed by atoms with van der Waals surface area (Å²) in [5.74, 6) is -0.496. The largest absolute Gasteiger partial charge is 0.481 e. The van der Waals surface area contributed by atoms with Crippen molar-refractivity contribution >= 4 is 5.97 Å². The average molecular weight is 913 g/mol. The van der Waals surface area contributed by atoms with E-state index in [-0.39, 0.29) is 47.2 Å². The van der Waals surface area contributed by atoms with Crippen molar-refractivity contribution in [3.63, 3.8) is 0 Å². The summed E-state index contributed by atoms with van der Waals surface area (Å²) < 4.78 is 36.7. The summed E-state index contributed by atoms with van der Waals surface area (Å²) in [6.45, 7) is 14.1. The number of carboxylic acids is 1. The summed E-state index contributed by atoms with van der Waals surface area (Å²) in [5.41, 5.74) is -1.12. The summed E-state index contributed by atoms with van der Waals surface area (Å²) in [5, 5.41) is 108. The summed E-state index contributed by atoms with van der Waals surface area (Å²) in [7, 11) is 0. The second-order valence-corrected chi connectivity index (χ2v) is 22.9. The normalized spacial score (nSPS) is 53.5. The van der Waals surface area contributed by atoms with Gasteiger partial charge in [0.05, 0.1) is 37.4 Å². The molecule has 17 heteroatoms. The van der Waals surface area contributed by atoms with E-state index in [2.05, 4.69) is 47.6 Å². The van der Waals surface area contributed by atoms with Gasteiger partial charge in [0.15, 0.2) is 18.9 Å². The van der Waals surface area contributed by atoms with Gasteiger partial charge in [0, 0.05) is 5.41 Å². The number of hydrogen-bond acceptors (Lipinski definition) is 16. The molecule has 0 aromatic heterocycles. The maximum Gasteiger partial charge on any atom is 0.310 e. The van der Waals surface area contributed by atoms with Gasteiger partial charge < -0.3 is 79.5 Å². The lowest BCUT2D eigenvalue weighted by Crippen LogP contribution is -2.67. The fourth-order valence-corrected chi connectivity index (χ4v) is 14.9. The first-order valence-corrected chi connectivity index (χ1v) is 23.7. The van der Waals surface area contributed by atoms with Crippen LogP contribution in [0.25, 0.3) is 0 Å². The molecule has 3 aliphatic heterocycles. The highest BCUT2D eigenvalue weighted by molar-refractivity contribution is 5.76. The number of hydrogen-bond donors (Lipinski definition) is 10. The molecule has 8 rings (SSSR count). The van der Waals surface area contributed by atoms with Crippen LogP contribution in [0.5, 0.6) is 0 Å². The average Bonchev–Trinajstić information content (AvgIpc) is 3.24. The van der Waals surface area contributed by atoms with E-state index in [0.717, 1.165) is 38.5 Å². The lowest BCUT2D eigenvalue weighted by molar-refractivity contribution is -0.380. The van der Waals surface area contributed by atoms with Gasteiger partial charge in [-0.2, -0.15) is 0 Å². The molecule has 4 saturated carbocycles. The van der Waals surface area contributed by atoms with Crippen molar-refractivity contribution in [1.29, 1.82) is 0 Å². The van der Waals surface area contributed by atoms with Gasteiger partial charge in [-0.05, 0) is 111 Å². The first kappa shape index (κ1) is 49.0. The summed E-state index contributed by atoms with van der Waals surface area (Å²) in [4.78, 5) is 13.2. The van der Waals surface area contributed by atoms with Crippen molar-refractivity contribution < 1.29 is 84.3 Å². The van der Waals surface area contributed by atoms with Crippen LogP contribution >= 0.6 is 0 Å². The predicted molar refractivity (Wildman–Crippen MR) is 225 cm³/mol. The number of aliphatic hydroxyl groups is 9. The SMILES string of the molecule is C[C@@H]1O[C@@H](O[C@H]2[C@H](OC3CC[C@@]4(C)C(CC[C@]5(C)C4CC=C4C6CC(C)(C)CC[C@]6(C(=O)O)CC[C@]45CO)C3(C)C)OC[C@@H](O[C@@H]3O[C@H](CO)[C@@H](O)[C@H](O)[C@H]3O)[C@@H]2O)[C@H](O)[C@H](O)[C@H]1O. The maximum atomic E-state index is 13.2. The van der Waals surface area contributed by atoms with Gasteiger partial charge in [-0.25, -0.2) is 0 Å². The number of allylic oxidation sites excluding steroid dienone is 1. The third kappa shape index (κ3) is 7.49. The van der Waals surface area contributed by atoms with E-state index in [1.807, 2.05) is 0 Å². The Hall–Kier alpha value is -1.39. The highest BCUT2D eigenvalue weighted by Crippen LogP contribution is 2.76. The van der Waals surface area contributed by atoms with E-state index in [9.17, 15) is 55.9 Å². The third-order valence-corrected chi connectivity index (χ3v) is 18.9. The zero-order chi connectivity index (χ0) is 46.7. The maximum absolute atomic E-state index is 13.2. The zero-order valence-electron chi connectivity index (χ0n) is 38.5. The van der Waals surface area contributed by atoms with E-state index < -0.39 is 121 Å². The molecule has 64 heavy (non-hydrogen) atoms. The minimum atomic E-state index is -1.76. The topological polar surface area (TPSA) is 275 Å². The van der Waals surface area contributed by atoms with Crippen molar-refractivity contribution in [1.82, 2.24) is 0 Å². The van der Waals surface area contributed by atoms with E-state index in [1.165, 1.54) is 12.5 Å². The molecular weight excluding hydrogens is 837 g/mol. The van der Waals surface area contributed by atoms with Crippen LogP contribution in [0.3, 0.4) is 0 Å². The van der Waals surface area contributed by atoms with Gasteiger partial charge in [-0.1, -0.05) is 53.2 Å². The van der Waals surface area contributed by atoms with Crippen molar-refractivity contribution in [2.24, 2.45) is 50.2 Å². The first-order chi connectivity index (χ1) is 29.9. The fraction of sp³-hybridized carbons (Fsp3) is 0.936. The molecule has 7 fully saturated rings. The fourth-order valence-electron chi connectivity index (χ4n) is 14.9. The van der Waals surface area contributed by atoms with Crippen molar-refractivity contribution in [3.05, 3.63) is 11.6 Å². The Kier molecular flexibility index (Phi) is 13.2. The van der Waals surface area contributed by atoms with E-state index >= 15 is 0 Å². The molecule has 0 radical (unpaired) electrons. The molecule has 8 aliphatic rings. The molecule has 366 valence electrons. The molecular formula is C47H76O17. The minimum Gasteiger partial charge on any atom is -0.481 e. The van der Waals surface area contributed by atoms with Crippen LogP contribution in [-0.2, 0) is 33.2 Å². The molecule has 3 saturated heterocycles. The van der Waals surface area contributed by atoms with Gasteiger partial charge in [0.1, 0.15) is 61.0 Å². The highest BCUT2D eigenvalue weighted by atomic mass is 16.8. The number of carboxylic acid groups (broad SMARTS) is 1. The van der Waals surface area contributed by atoms with Crippen LogP contribution in [-0.4, -0.2) is 169 Å². The Morgan fingerprint density at radius 1 is 0.719 bits per heavy atom. The number of carbonyl (C=O) groups is 1. The molecule has 17 nitrogen and oxygen atoms in total. The van der Waals surface area contributed by atoms with Gasteiger partial charge in [-0.15, -0.1) is 0 Å². The van der Waals surface area contributed by atoms with Gasteiger partial charge in [-0.3, -0.25) is 4.79 Å². The highest BCUT2D eigenvalue weighted by Gasteiger charge is 2.71. The summed E-state index contributed by atoms with van der Waals surface area (Å²) in [6, 6.07) is 0. The zero-order valence-corrected chi connectivity index (χ0v) is 38.5. The monoisotopic (exact) mass is 913 g/mol. The Balaban J connectivity index is 1.05. The van der Waals surface area contributed by atoms with Crippen LogP contribution in [0.4, 0.5) is 0 Å². The second kappa shape index (κ2) is 17.2. The van der Waals surface area contributed by atoms with Crippen molar-refractivity contribution in [2.45, 2.75) is 205 Å². The minimum absolute atomic E-state index is 0.00141. The standard InChI is InChI=1S/C47H76O17/c1-22-30(50)33(53)35(55)38(60-22)64-37-32(52)26(62-39-36(56)34(54)31(51)25(19-48)61-39)20-59-40(37)63-29-11-12-44(6)27(43(29,4)5)10-13-45(7)28(44)9-8-23-24-18-42(2,3)14-15-46(24,41(57)58)16-17-47(23,45)21-49/h8,22,24-40,48-56H,9-21H2,1-7H3,(H,57,58)/t22-,24?,25+,26+,27?,28?,29?,30-,31+,32-,33+,34-,35+,36+,37+,38-,39-,40-,44-,45+,46-,47-/m0/s1. The Morgan fingerprint density at radius 3 is 2.03 bits per heavy atom. The molecule has 5 aliphatic carbocycles. The number of aliphatic carboxylic acids is 1. The quantitative estimate of drug-likeness (QED) is 0.116. The number of fused-ring (bicyclic) bond motifs is 7. The summed E-state index contributed by atoms with van der Waals surface area (Å²) >= 11 is 0. The molecule has 0 amide bonds. The number of ether oxygens (including phenoxy) is 6. The van der Waals surface area contributed by atoms with Crippen LogP contribution in [0, 0.1) is 50.2 Å². The molecule has 22 atom stereocenters. The van der Waals surface area contributed by atoms with Crippen LogP contribution < -0.4 is 0 Å². The molecule has 4 unspecified atom stereocenters. The Labute approximate surface area is 376 Å². The molecule has 0 aromatic carbocycles. The van der Waals surface area contributed by atoms with E-state index in [1.54, 1.807) is 0 Å². The number of aliphatic hydroxyl groups excluding tert-OH is 9. The molecule has 3 heterocycles. The predicted octanol–water partition coefficient (Wildman–Crippen LogP) is 1.35. The lowest BCUT2D eigenvalue weighted by atomic mass is 9.33. The van der Waals surface area contributed by atoms with Gasteiger partial charge in [0.25, 0.3) is 0 Å². The third-order valence-electron chi connectivity index (χ3n) is 18.9. The van der Waals surface area contributed by atoms with Crippen LogP contribution in [0.1, 0.15) is 113 Å². The first-order valence-electron chi connectivity index (χ1n) is 23.7. The molecule has 0 aromatic rings. The smallest absolute Gasteiger partial charge is 0.310 e. The van der Waals surface area contributed by atoms with Crippen LogP contribution in [0.15, 0.2) is 11.6 Å². The van der Waals surface area contributed by atoms with Crippen molar-refractivity contribution in [2.75, 3.05) is 19.8 Å². The summed E-state index contributed by atoms with van der Waals surface area (Å²) in [6.07, 6.45) is -11.6. The molecule has 0 spiro atoms. The molecule has 10 N–H and O–H groups in total. The lowest BCUT2D eigenvalue weighted by Gasteiger charge is -2.71. The van der Waals surface area contributed by atoms with Gasteiger partial charge >= 0.3 is 5.97 Å².